The standard InChI is InChI=1S/C16H28N2O2S2/c1-4-5-6-12(15(17)20)13(9-11-7-8-11)14(19)10-18-16(2,3)22-21/h4-5,11-13,18,21H,6-10H2,1-3H3,(H2,17,20)/b5-4+/t12-,13?/m0/s1. The Balaban J connectivity index is 2.75. The number of thiol groups is 1. The predicted octanol–water partition coefficient (Wildman–Crippen LogP) is 2.94. The number of carbonyl (C=O) groups excluding carboxylic acids is 2. The lowest BCUT2D eigenvalue weighted by molar-refractivity contribution is -0.131. The molecule has 1 aliphatic rings. The van der Waals surface area contributed by atoms with Gasteiger partial charge in [-0.25, -0.2) is 0 Å². The van der Waals surface area contributed by atoms with Gasteiger partial charge in [-0.05, 0) is 39.5 Å². The summed E-state index contributed by atoms with van der Waals surface area (Å²) in [6, 6.07) is 0. The fraction of sp³-hybridized carbons (Fsp3) is 0.750. The van der Waals surface area contributed by atoms with E-state index < -0.39 is 5.92 Å². The summed E-state index contributed by atoms with van der Waals surface area (Å²) < 4.78 is 0. The first-order chi connectivity index (χ1) is 10.3. The van der Waals surface area contributed by atoms with Crippen LogP contribution in [0.1, 0.15) is 46.5 Å². The lowest BCUT2D eigenvalue weighted by Gasteiger charge is -2.27. The molecule has 0 aromatic carbocycles. The molecule has 22 heavy (non-hydrogen) atoms. The smallest absolute Gasteiger partial charge is 0.221 e. The highest BCUT2D eigenvalue weighted by Crippen LogP contribution is 2.38. The van der Waals surface area contributed by atoms with Crippen LogP contribution in [-0.2, 0) is 9.59 Å². The molecule has 1 unspecified atom stereocenters. The van der Waals surface area contributed by atoms with Crippen LogP contribution in [0, 0.1) is 17.8 Å². The van der Waals surface area contributed by atoms with Gasteiger partial charge in [0.1, 0.15) is 0 Å². The second-order valence-corrected chi connectivity index (χ2v) is 8.27. The third-order valence-electron chi connectivity index (χ3n) is 4.09. The summed E-state index contributed by atoms with van der Waals surface area (Å²) in [7, 11) is 1.36. The number of rotatable bonds is 11. The van der Waals surface area contributed by atoms with Gasteiger partial charge in [0.15, 0.2) is 5.78 Å². The number of Topliss-reactive ketones (excluding diaryl/α,β-unsaturated/α-hetero) is 1. The average Bonchev–Trinajstić information content (AvgIpc) is 3.27. The molecule has 0 radical (unpaired) electrons. The van der Waals surface area contributed by atoms with Gasteiger partial charge in [-0.2, -0.15) is 0 Å². The summed E-state index contributed by atoms with van der Waals surface area (Å²) >= 11 is 4.20. The molecule has 6 heteroatoms. The van der Waals surface area contributed by atoms with Gasteiger partial charge >= 0.3 is 0 Å². The van der Waals surface area contributed by atoms with E-state index in [1.54, 1.807) is 0 Å². The van der Waals surface area contributed by atoms with Crippen molar-refractivity contribution in [2.24, 2.45) is 23.5 Å². The summed E-state index contributed by atoms with van der Waals surface area (Å²) in [6.45, 7) is 6.10. The lowest BCUT2D eigenvalue weighted by atomic mass is 9.81. The van der Waals surface area contributed by atoms with Crippen LogP contribution < -0.4 is 11.1 Å². The number of nitrogens with one attached hydrogen (secondary N) is 1. The number of allylic oxidation sites excluding steroid dienone is 2. The Labute approximate surface area is 142 Å². The zero-order valence-electron chi connectivity index (χ0n) is 13.7. The van der Waals surface area contributed by atoms with Gasteiger partial charge in [-0.1, -0.05) is 35.8 Å². The van der Waals surface area contributed by atoms with E-state index in [9.17, 15) is 9.59 Å². The van der Waals surface area contributed by atoms with Crippen molar-refractivity contribution in [1.82, 2.24) is 5.32 Å². The highest BCUT2D eigenvalue weighted by molar-refractivity contribution is 8.69. The van der Waals surface area contributed by atoms with Crippen LogP contribution in [0.2, 0.25) is 0 Å². The van der Waals surface area contributed by atoms with Crippen molar-refractivity contribution in [3.63, 3.8) is 0 Å². The normalized spacial score (nSPS) is 18.4. The van der Waals surface area contributed by atoms with E-state index in [0.29, 0.717) is 12.3 Å². The Kier molecular flexibility index (Phi) is 8.00. The molecule has 126 valence electrons. The quantitative estimate of drug-likeness (QED) is 0.233. The zero-order valence-corrected chi connectivity index (χ0v) is 15.4. The van der Waals surface area contributed by atoms with E-state index in [4.69, 9.17) is 5.73 Å². The summed E-state index contributed by atoms with van der Waals surface area (Å²) in [5, 5.41) is 3.20. The summed E-state index contributed by atoms with van der Waals surface area (Å²) in [6.07, 6.45) is 7.45. The second kappa shape index (κ2) is 8.99. The lowest BCUT2D eigenvalue weighted by Crippen LogP contribution is -2.43. The largest absolute Gasteiger partial charge is 0.369 e. The third-order valence-corrected chi connectivity index (χ3v) is 6.06. The van der Waals surface area contributed by atoms with Crippen molar-refractivity contribution in [2.45, 2.75) is 51.3 Å². The number of hydrogen-bond acceptors (Lipinski definition) is 5. The number of primary amides is 1. The van der Waals surface area contributed by atoms with Gasteiger partial charge in [0.25, 0.3) is 0 Å². The molecule has 0 bridgehead atoms. The van der Waals surface area contributed by atoms with Gasteiger partial charge < -0.3 is 5.73 Å². The van der Waals surface area contributed by atoms with Crippen LogP contribution >= 0.6 is 22.5 Å². The minimum atomic E-state index is -0.405. The van der Waals surface area contributed by atoms with Crippen molar-refractivity contribution in [3.8, 4) is 0 Å². The van der Waals surface area contributed by atoms with E-state index in [1.807, 2.05) is 32.9 Å². The van der Waals surface area contributed by atoms with Crippen LogP contribution in [0.4, 0.5) is 0 Å². The molecule has 0 aliphatic heterocycles. The fourth-order valence-electron chi connectivity index (χ4n) is 2.46. The number of ketones is 1. The van der Waals surface area contributed by atoms with Crippen LogP contribution in [0.3, 0.4) is 0 Å². The summed E-state index contributed by atoms with van der Waals surface area (Å²) in [5.74, 6) is -0.406. The number of nitrogens with two attached hydrogens (primary N) is 1. The van der Waals surface area contributed by atoms with Gasteiger partial charge in [-0.15, -0.1) is 11.7 Å². The van der Waals surface area contributed by atoms with E-state index in [2.05, 4.69) is 17.0 Å². The molecule has 0 saturated heterocycles. The molecule has 1 saturated carbocycles. The van der Waals surface area contributed by atoms with Crippen molar-refractivity contribution in [1.29, 1.82) is 0 Å². The molecule has 0 spiro atoms. The molecule has 4 nitrogen and oxygen atoms in total. The summed E-state index contributed by atoms with van der Waals surface area (Å²) in [4.78, 5) is 24.2. The summed E-state index contributed by atoms with van der Waals surface area (Å²) in [5.41, 5.74) is 5.56. The van der Waals surface area contributed by atoms with E-state index in [-0.39, 0.29) is 29.0 Å². The van der Waals surface area contributed by atoms with Crippen molar-refractivity contribution >= 4 is 34.1 Å². The topological polar surface area (TPSA) is 72.2 Å². The predicted molar refractivity (Wildman–Crippen MR) is 96.6 cm³/mol. The minimum Gasteiger partial charge on any atom is -0.369 e. The number of carbonyl (C=O) groups is 2. The van der Waals surface area contributed by atoms with Crippen molar-refractivity contribution in [3.05, 3.63) is 12.2 Å². The van der Waals surface area contributed by atoms with Crippen LogP contribution in [-0.4, -0.2) is 23.1 Å². The molecule has 1 amide bonds. The molecule has 0 aromatic heterocycles. The maximum atomic E-state index is 12.6. The molecule has 3 N–H and O–H groups in total. The first-order valence-corrected chi connectivity index (χ1v) is 9.68. The number of hydrogen-bond donors (Lipinski definition) is 3. The third kappa shape index (κ3) is 6.75. The molecule has 0 heterocycles. The van der Waals surface area contributed by atoms with Gasteiger partial charge in [0.2, 0.25) is 5.91 Å². The van der Waals surface area contributed by atoms with Crippen molar-refractivity contribution in [2.75, 3.05) is 6.54 Å². The van der Waals surface area contributed by atoms with Crippen LogP contribution in [0.15, 0.2) is 12.2 Å². The van der Waals surface area contributed by atoms with Gasteiger partial charge in [-0.3, -0.25) is 14.9 Å². The highest BCUT2D eigenvalue weighted by atomic mass is 33.1. The molecule has 1 fully saturated rings. The zero-order chi connectivity index (χ0) is 16.8. The molecule has 0 aromatic rings. The van der Waals surface area contributed by atoms with Gasteiger partial charge in [0.05, 0.1) is 17.3 Å². The Hall–Kier alpha value is -0.460. The Morgan fingerprint density at radius 2 is 2.05 bits per heavy atom. The number of amides is 1. The minimum absolute atomic E-state index is 0.0793. The van der Waals surface area contributed by atoms with Crippen molar-refractivity contribution < 1.29 is 9.59 Å². The first kappa shape index (κ1) is 19.6. The maximum Gasteiger partial charge on any atom is 0.221 e. The Bertz CT molecular complexity index is 420. The second-order valence-electron chi connectivity index (χ2n) is 6.52. The van der Waals surface area contributed by atoms with E-state index >= 15 is 0 Å². The molecule has 2 atom stereocenters. The van der Waals surface area contributed by atoms with Crippen LogP contribution in [0.5, 0.6) is 0 Å². The Morgan fingerprint density at radius 1 is 1.41 bits per heavy atom. The highest BCUT2D eigenvalue weighted by Gasteiger charge is 2.36. The first-order valence-electron chi connectivity index (χ1n) is 7.81. The monoisotopic (exact) mass is 344 g/mol. The average molecular weight is 345 g/mol. The van der Waals surface area contributed by atoms with Gasteiger partial charge in [0, 0.05) is 5.92 Å². The van der Waals surface area contributed by atoms with E-state index in [1.165, 1.54) is 10.8 Å². The molecule has 1 aliphatic carbocycles. The fourth-order valence-corrected chi connectivity index (χ4v) is 2.79. The van der Waals surface area contributed by atoms with E-state index in [0.717, 1.165) is 19.3 Å². The Morgan fingerprint density at radius 3 is 2.50 bits per heavy atom. The molecule has 1 rings (SSSR count). The molecular weight excluding hydrogens is 316 g/mol. The SMILES string of the molecule is C/C=C/C[C@H](C(N)=O)C(CC1CC1)C(=O)CNC(C)(C)SS. The molecular formula is C16H28N2O2S2. The maximum absolute atomic E-state index is 12.6. The van der Waals surface area contributed by atoms with Crippen LogP contribution in [0.25, 0.3) is 0 Å².